The van der Waals surface area contributed by atoms with Gasteiger partial charge in [-0.1, -0.05) is 120 Å². The fourth-order valence-electron chi connectivity index (χ4n) is 4.08. The van der Waals surface area contributed by atoms with Gasteiger partial charge in [-0.3, -0.25) is 0 Å². The number of carboxylic acids is 3. The van der Waals surface area contributed by atoms with Gasteiger partial charge in [0.15, 0.2) is 0 Å². The molecule has 0 aliphatic heterocycles. The van der Waals surface area contributed by atoms with E-state index < -0.39 is 34.2 Å². The normalized spacial score (nSPS) is 15.2. The minimum atomic E-state index is -0.902. The van der Waals surface area contributed by atoms with Crippen LogP contribution in [0.25, 0.3) is 0 Å². The van der Waals surface area contributed by atoms with E-state index in [4.69, 9.17) is 0 Å². The molecule has 0 bridgehead atoms. The van der Waals surface area contributed by atoms with E-state index in [1.807, 2.05) is 20.8 Å². The Hall–Kier alpha value is -0.330. The Kier molecular flexibility index (Phi) is 29.2. The molecule has 0 aromatic carbocycles. The van der Waals surface area contributed by atoms with E-state index in [-0.39, 0.29) is 37.7 Å². The van der Waals surface area contributed by atoms with Crippen LogP contribution in [0.3, 0.4) is 0 Å². The smallest absolute Gasteiger partial charge is 0.550 e. The minimum absolute atomic E-state index is 0. The van der Waals surface area contributed by atoms with Crippen molar-refractivity contribution >= 4 is 17.9 Å². The number of rotatable bonds is 18. The van der Waals surface area contributed by atoms with Crippen molar-refractivity contribution < 1.29 is 67.4 Å². The van der Waals surface area contributed by atoms with Crippen LogP contribution in [-0.4, -0.2) is 17.9 Å². The van der Waals surface area contributed by atoms with Crippen molar-refractivity contribution in [2.45, 2.75) is 159 Å². The summed E-state index contributed by atoms with van der Waals surface area (Å²) in [6.07, 6.45) is 13.5. The predicted octanol–water partition coefficient (Wildman–Crippen LogP) is 5.20. The predicted molar refractivity (Wildman–Crippen MR) is 143 cm³/mol. The number of carbonyl (C=O) groups is 3. The van der Waals surface area contributed by atoms with E-state index in [1.54, 1.807) is 20.8 Å². The van der Waals surface area contributed by atoms with Crippen LogP contribution in [0, 0.1) is 54.0 Å². The number of aliphatic carboxylic acids is 3. The number of carboxylic acid groups (broad SMARTS) is 3. The quantitative estimate of drug-likeness (QED) is 0.145. The van der Waals surface area contributed by atoms with Gasteiger partial charge in [-0.25, -0.2) is 0 Å². The van der Waals surface area contributed by atoms with E-state index >= 15 is 0 Å². The molecular weight excluding hydrogens is 621 g/mol. The number of hydrogen-bond acceptors (Lipinski definition) is 6. The molecule has 0 saturated carbocycles. The number of carbonyl (C=O) groups excluding carboxylic acids is 3. The van der Waals surface area contributed by atoms with Crippen LogP contribution in [-0.2, 0) is 14.4 Å². The fourth-order valence-corrected chi connectivity index (χ4v) is 4.08. The zero-order chi connectivity index (χ0) is 28.8. The van der Waals surface area contributed by atoms with Crippen molar-refractivity contribution in [2.75, 3.05) is 0 Å². The Morgan fingerprint density at radius 1 is 0.459 bits per heavy atom. The van der Waals surface area contributed by atoms with Crippen LogP contribution in [0.15, 0.2) is 0 Å². The molecule has 0 aromatic rings. The molecule has 224 valence electrons. The summed E-state index contributed by atoms with van der Waals surface area (Å²) in [7, 11) is 0. The molecule has 0 saturated heterocycles. The Labute approximate surface area is 258 Å². The topological polar surface area (TPSA) is 120 Å². The SMILES string of the molecule is CCCCC(C)(CCC)C(=O)[O-].CCCCC(C)(CCC)C(=O)[O-].CCCCCC(C)(CC)C(=O)[O-].[Ho+3]. The first-order valence-corrected chi connectivity index (χ1v) is 14.3. The summed E-state index contributed by atoms with van der Waals surface area (Å²) in [5.74, 6) is -2.68. The van der Waals surface area contributed by atoms with Crippen molar-refractivity contribution in [1.29, 1.82) is 0 Å². The van der Waals surface area contributed by atoms with Gasteiger partial charge in [0.2, 0.25) is 0 Å². The van der Waals surface area contributed by atoms with Crippen LogP contribution in [0.2, 0.25) is 0 Å². The molecule has 3 unspecified atom stereocenters. The van der Waals surface area contributed by atoms with E-state index in [1.165, 1.54) is 0 Å². The summed E-state index contributed by atoms with van der Waals surface area (Å²) in [6, 6.07) is 0. The second kappa shape index (κ2) is 24.7. The Morgan fingerprint density at radius 3 is 0.973 bits per heavy atom. The molecule has 0 radical (unpaired) electrons. The van der Waals surface area contributed by atoms with E-state index in [0.29, 0.717) is 6.42 Å². The van der Waals surface area contributed by atoms with Crippen LogP contribution in [0.1, 0.15) is 159 Å². The molecular formula is C30H57HoO6. The molecule has 0 aliphatic rings. The second-order valence-electron chi connectivity index (χ2n) is 11.1. The first kappa shape index (κ1) is 43.7. The van der Waals surface area contributed by atoms with Gasteiger partial charge in [0, 0.05) is 34.2 Å². The molecule has 6 nitrogen and oxygen atoms in total. The first-order valence-electron chi connectivity index (χ1n) is 14.3. The van der Waals surface area contributed by atoms with Gasteiger partial charge in [-0.05, 0) is 38.5 Å². The molecule has 0 aromatic heterocycles. The molecule has 37 heavy (non-hydrogen) atoms. The van der Waals surface area contributed by atoms with Gasteiger partial charge >= 0.3 is 37.7 Å². The van der Waals surface area contributed by atoms with Crippen molar-refractivity contribution in [3.63, 3.8) is 0 Å². The summed E-state index contributed by atoms with van der Waals surface area (Å²) in [4.78, 5) is 32.3. The molecule has 7 heteroatoms. The number of hydrogen-bond donors (Lipinski definition) is 0. The minimum Gasteiger partial charge on any atom is -0.550 e. The van der Waals surface area contributed by atoms with Gasteiger partial charge in [0.05, 0.1) is 0 Å². The Balaban J connectivity index is -0.000000218. The van der Waals surface area contributed by atoms with E-state index in [9.17, 15) is 29.7 Å². The zero-order valence-electron chi connectivity index (χ0n) is 25.4. The molecule has 0 amide bonds. The molecule has 0 aliphatic carbocycles. The summed E-state index contributed by atoms with van der Waals surface area (Å²) >= 11 is 0. The van der Waals surface area contributed by atoms with Crippen LogP contribution in [0.4, 0.5) is 0 Å². The summed E-state index contributed by atoms with van der Waals surface area (Å²) in [5.41, 5.74) is -1.79. The first-order chi connectivity index (χ1) is 16.7. The standard InChI is InChI=1S/3C10H20O2.Ho/c1-4-6-7-8-10(3,5-2)9(11)12;2*1-4-6-8-10(3,7-5-2)9(11)12;/h3*4-8H2,1-3H3,(H,11,12);/q;;;+3/p-3. The van der Waals surface area contributed by atoms with Gasteiger partial charge in [0.1, 0.15) is 0 Å². The van der Waals surface area contributed by atoms with Crippen LogP contribution in [0.5, 0.6) is 0 Å². The third kappa shape index (κ3) is 20.3. The maximum Gasteiger partial charge on any atom is 3.00 e. The van der Waals surface area contributed by atoms with Crippen molar-refractivity contribution in [3.8, 4) is 0 Å². The molecule has 3 atom stereocenters. The van der Waals surface area contributed by atoms with E-state index in [0.717, 1.165) is 89.9 Å². The third-order valence-corrected chi connectivity index (χ3v) is 7.36. The average molecular weight is 679 g/mol. The molecule has 0 heterocycles. The zero-order valence-corrected chi connectivity index (χ0v) is 27.3. The van der Waals surface area contributed by atoms with Crippen LogP contribution < -0.4 is 15.3 Å². The molecule has 0 fully saturated rings. The monoisotopic (exact) mass is 678 g/mol. The fraction of sp³-hybridized carbons (Fsp3) is 0.900. The van der Waals surface area contributed by atoms with Crippen molar-refractivity contribution in [1.82, 2.24) is 0 Å². The maximum atomic E-state index is 10.8. The second-order valence-corrected chi connectivity index (χ2v) is 11.1. The van der Waals surface area contributed by atoms with E-state index in [2.05, 4.69) is 20.8 Å². The molecule has 0 spiro atoms. The third-order valence-electron chi connectivity index (χ3n) is 7.36. The molecule has 0 rings (SSSR count). The largest absolute Gasteiger partial charge is 3.00 e. The average Bonchev–Trinajstić information content (AvgIpc) is 2.82. The Morgan fingerprint density at radius 2 is 0.757 bits per heavy atom. The number of unbranched alkanes of at least 4 members (excludes halogenated alkanes) is 4. The van der Waals surface area contributed by atoms with Crippen LogP contribution >= 0.6 is 0 Å². The van der Waals surface area contributed by atoms with Crippen molar-refractivity contribution in [3.05, 3.63) is 0 Å². The van der Waals surface area contributed by atoms with Crippen molar-refractivity contribution in [2.24, 2.45) is 16.2 Å². The van der Waals surface area contributed by atoms with Gasteiger partial charge in [-0.2, -0.15) is 0 Å². The van der Waals surface area contributed by atoms with Gasteiger partial charge in [0.25, 0.3) is 0 Å². The Bertz CT molecular complexity index is 563. The summed E-state index contributed by atoms with van der Waals surface area (Å²) in [6.45, 7) is 17.5. The summed E-state index contributed by atoms with van der Waals surface area (Å²) < 4.78 is 0. The summed E-state index contributed by atoms with van der Waals surface area (Å²) in [5, 5.41) is 32.3. The maximum absolute atomic E-state index is 10.8. The van der Waals surface area contributed by atoms with Gasteiger partial charge in [-0.15, -0.1) is 0 Å². The van der Waals surface area contributed by atoms with Gasteiger partial charge < -0.3 is 29.7 Å². The molecule has 0 N–H and O–H groups in total.